The summed E-state index contributed by atoms with van der Waals surface area (Å²) >= 11 is -0.237. The van der Waals surface area contributed by atoms with Gasteiger partial charge in [0.05, 0.1) is 28.4 Å². The quantitative estimate of drug-likeness (QED) is 0.151. The lowest BCUT2D eigenvalue weighted by Gasteiger charge is -2.03. The number of aliphatic carboxylic acids is 2. The van der Waals surface area contributed by atoms with E-state index in [1.165, 1.54) is 14.3 Å². The maximum Gasteiger partial charge on any atom is 0.430 e. The number of hydrogen-bond donors (Lipinski definition) is 0. The number of alkyl halides is 6. The average Bonchev–Trinajstić information content (AvgIpc) is 3.06. The van der Waals surface area contributed by atoms with Crippen LogP contribution >= 0.6 is 0 Å². The molecule has 8 nitrogen and oxygen atoms in total. The predicted octanol–water partition coefficient (Wildman–Crippen LogP) is -1.74. The van der Waals surface area contributed by atoms with Gasteiger partial charge in [0.15, 0.2) is 14.3 Å². The van der Waals surface area contributed by atoms with Crippen molar-refractivity contribution in [2.75, 3.05) is 28.4 Å². The van der Waals surface area contributed by atoms with Crippen molar-refractivity contribution in [3.05, 3.63) is 111 Å². The van der Waals surface area contributed by atoms with Crippen LogP contribution in [0.4, 0.5) is 26.3 Å². The average molecular weight is 908 g/mol. The Hall–Kier alpha value is -3.94. The molecule has 48 heavy (non-hydrogen) atoms. The molecule has 0 unspecified atom stereocenters. The van der Waals surface area contributed by atoms with Gasteiger partial charge in [-0.3, -0.25) is 0 Å². The van der Waals surface area contributed by atoms with Crippen molar-refractivity contribution in [1.82, 2.24) is 0 Å². The molecule has 0 saturated heterocycles. The molecule has 0 aliphatic rings. The molecule has 16 heteroatoms. The van der Waals surface area contributed by atoms with E-state index in [0.717, 1.165) is 23.0 Å². The van der Waals surface area contributed by atoms with E-state index in [9.17, 15) is 26.3 Å². The van der Waals surface area contributed by atoms with Gasteiger partial charge >= 0.3 is 54.8 Å². The molecule has 0 aliphatic carbocycles. The van der Waals surface area contributed by atoms with Crippen LogP contribution in [-0.4, -0.2) is 52.7 Å². The third-order valence-electron chi connectivity index (χ3n) is 5.10. The maximum atomic E-state index is 10.5. The SMILES string of the molecule is COc1ccc([I+]c2ccc(OC)cc2)cc1.COc1ccc([I+]c2ccc(OC)cc2)cc1.O=C([O-])C(F)(F)F.O=C([O-])C(F)(F)F. The highest BCUT2D eigenvalue weighted by Crippen LogP contribution is 2.12. The maximum absolute atomic E-state index is 10.5. The molecule has 0 heterocycles. The van der Waals surface area contributed by atoms with Crippen LogP contribution in [0.5, 0.6) is 23.0 Å². The third-order valence-corrected chi connectivity index (χ3v) is 10.5. The van der Waals surface area contributed by atoms with Crippen LogP contribution in [0.15, 0.2) is 97.1 Å². The Kier molecular flexibility index (Phi) is 18.5. The molecular formula is C32H28F6I2O8. The lowest BCUT2D eigenvalue weighted by Crippen LogP contribution is -3.61. The molecule has 4 rings (SSSR count). The zero-order valence-electron chi connectivity index (χ0n) is 25.5. The van der Waals surface area contributed by atoms with Crippen LogP contribution in [0.2, 0.25) is 0 Å². The zero-order chi connectivity index (χ0) is 36.3. The molecule has 0 saturated carbocycles. The van der Waals surface area contributed by atoms with Crippen molar-refractivity contribution in [3.8, 4) is 23.0 Å². The first kappa shape index (κ1) is 42.1. The second kappa shape index (κ2) is 21.1. The lowest BCUT2D eigenvalue weighted by molar-refractivity contribution is -0.597. The molecule has 0 aromatic heterocycles. The number of halogens is 8. The topological polar surface area (TPSA) is 117 Å². The number of carboxylic acid groups (broad SMARTS) is 2. The first-order chi connectivity index (χ1) is 22.5. The van der Waals surface area contributed by atoms with E-state index < -0.39 is 24.3 Å². The van der Waals surface area contributed by atoms with Crippen molar-refractivity contribution in [2.45, 2.75) is 12.4 Å². The summed E-state index contributed by atoms with van der Waals surface area (Å²) in [5.74, 6) is -2.38. The number of methoxy groups -OCH3 is 4. The van der Waals surface area contributed by atoms with E-state index in [0.29, 0.717) is 0 Å². The highest BCUT2D eigenvalue weighted by molar-refractivity contribution is 5.71. The Morgan fingerprint density at radius 1 is 0.438 bits per heavy atom. The number of carbonyl (C=O) groups excluding carboxylic acids is 2. The largest absolute Gasteiger partial charge is 0.542 e. The molecule has 0 bridgehead atoms. The second-order valence-corrected chi connectivity index (χ2v) is 14.5. The fraction of sp³-hybridized carbons (Fsp3) is 0.188. The molecule has 0 spiro atoms. The molecule has 4 aromatic rings. The molecule has 0 aliphatic heterocycles. The molecule has 0 fully saturated rings. The molecule has 0 atom stereocenters. The van der Waals surface area contributed by atoms with Crippen LogP contribution in [0, 0.1) is 14.3 Å². The minimum absolute atomic E-state index is 0.119. The van der Waals surface area contributed by atoms with Gasteiger partial charge in [0, 0.05) is 0 Å². The van der Waals surface area contributed by atoms with Crippen molar-refractivity contribution >= 4 is 11.9 Å². The van der Waals surface area contributed by atoms with E-state index in [1.54, 1.807) is 28.4 Å². The first-order valence-corrected chi connectivity index (χ1v) is 17.3. The normalized spacial score (nSPS) is 10.4. The van der Waals surface area contributed by atoms with Gasteiger partial charge in [-0.25, -0.2) is 0 Å². The van der Waals surface area contributed by atoms with Crippen LogP contribution < -0.4 is 71.6 Å². The van der Waals surface area contributed by atoms with E-state index >= 15 is 0 Å². The molecule has 0 radical (unpaired) electrons. The minimum Gasteiger partial charge on any atom is -0.542 e. The summed E-state index contributed by atoms with van der Waals surface area (Å²) < 4.78 is 89.2. The Morgan fingerprint density at radius 2 is 0.583 bits per heavy atom. The smallest absolute Gasteiger partial charge is 0.430 e. The number of rotatable bonds is 8. The zero-order valence-corrected chi connectivity index (χ0v) is 29.8. The highest BCUT2D eigenvalue weighted by atomic mass is 127. The van der Waals surface area contributed by atoms with Gasteiger partial charge in [-0.2, -0.15) is 26.3 Å². The van der Waals surface area contributed by atoms with Crippen LogP contribution in [0.1, 0.15) is 0 Å². The van der Waals surface area contributed by atoms with Gasteiger partial charge in [0.25, 0.3) is 0 Å². The van der Waals surface area contributed by atoms with Gasteiger partial charge in [0.2, 0.25) is 0 Å². The molecular weight excluding hydrogens is 880 g/mol. The Bertz CT molecular complexity index is 1310. The van der Waals surface area contributed by atoms with Gasteiger partial charge in [0.1, 0.15) is 34.9 Å². The van der Waals surface area contributed by atoms with Gasteiger partial charge in [-0.05, 0) is 97.1 Å². The molecule has 0 N–H and O–H groups in total. The summed E-state index contributed by atoms with van der Waals surface area (Å²) in [5, 5.41) is 17.6. The molecule has 0 amide bonds. The monoisotopic (exact) mass is 908 g/mol. The van der Waals surface area contributed by atoms with E-state index in [2.05, 4.69) is 48.5 Å². The molecule has 260 valence electrons. The standard InChI is InChI=1S/2C14H14IO2.2C2HF3O2/c2*1-16-13-7-3-11(4-8-13)15-12-5-9-14(17-2)10-6-12;2*3-2(4,5)1(6)7/h2*3-10H,1-2H3;2*(H,6,7)/q2*+1;;/p-2. The summed E-state index contributed by atoms with van der Waals surface area (Å²) in [5.41, 5.74) is 0. The van der Waals surface area contributed by atoms with Gasteiger partial charge < -0.3 is 38.7 Å². The number of hydrogen-bond acceptors (Lipinski definition) is 8. The predicted molar refractivity (Wildman–Crippen MR) is 149 cm³/mol. The van der Waals surface area contributed by atoms with E-state index in [1.807, 2.05) is 48.5 Å². The van der Waals surface area contributed by atoms with Crippen LogP contribution in [-0.2, 0) is 9.59 Å². The number of carboxylic acids is 2. The third kappa shape index (κ3) is 17.3. The lowest BCUT2D eigenvalue weighted by atomic mass is 10.3. The van der Waals surface area contributed by atoms with Crippen LogP contribution in [0.25, 0.3) is 0 Å². The first-order valence-electron chi connectivity index (χ1n) is 12.9. The summed E-state index contributed by atoms with van der Waals surface area (Å²) in [6.45, 7) is 0. The number of carbonyl (C=O) groups is 2. The summed E-state index contributed by atoms with van der Waals surface area (Å²) in [4.78, 5) is 17.6. The number of ether oxygens (including phenoxy) is 4. The minimum atomic E-state index is -5.19. The van der Waals surface area contributed by atoms with Gasteiger partial charge in [-0.15, -0.1) is 0 Å². The number of benzene rings is 4. The van der Waals surface area contributed by atoms with Crippen molar-refractivity contribution in [2.24, 2.45) is 0 Å². The highest BCUT2D eigenvalue weighted by Gasteiger charge is 2.29. The summed E-state index contributed by atoms with van der Waals surface area (Å²) in [6, 6.07) is 33.2. The van der Waals surface area contributed by atoms with Gasteiger partial charge in [-0.1, -0.05) is 0 Å². The van der Waals surface area contributed by atoms with Crippen molar-refractivity contribution < 1.29 is 108 Å². The summed E-state index contributed by atoms with van der Waals surface area (Å²) in [7, 11) is 6.75. The van der Waals surface area contributed by atoms with Crippen LogP contribution in [0.3, 0.4) is 0 Å². The molecule has 4 aromatic carbocycles. The van der Waals surface area contributed by atoms with Crippen molar-refractivity contribution in [1.29, 1.82) is 0 Å². The Balaban J connectivity index is 0.000000349. The Morgan fingerprint density at radius 3 is 0.688 bits per heavy atom. The van der Waals surface area contributed by atoms with E-state index in [4.69, 9.17) is 38.7 Å². The fourth-order valence-electron chi connectivity index (χ4n) is 2.79. The summed E-state index contributed by atoms with van der Waals surface area (Å²) in [6.07, 6.45) is -10.4. The van der Waals surface area contributed by atoms with Crippen molar-refractivity contribution in [3.63, 3.8) is 0 Å². The second-order valence-electron chi connectivity index (χ2n) is 8.39. The Labute approximate surface area is 293 Å². The fourth-order valence-corrected chi connectivity index (χ4v) is 7.10. The van der Waals surface area contributed by atoms with E-state index in [-0.39, 0.29) is 42.4 Å².